The van der Waals surface area contributed by atoms with Crippen molar-refractivity contribution in [1.29, 1.82) is 0 Å². The summed E-state index contributed by atoms with van der Waals surface area (Å²) in [5.74, 6) is 3.08. The van der Waals surface area contributed by atoms with Crippen LogP contribution >= 0.6 is 0 Å². The van der Waals surface area contributed by atoms with Crippen LogP contribution in [0.15, 0.2) is 48.7 Å². The smallest absolute Gasteiger partial charge is 0.129 e. The lowest BCUT2D eigenvalue weighted by molar-refractivity contribution is 0.185. The van der Waals surface area contributed by atoms with Crippen LogP contribution in [-0.4, -0.2) is 17.1 Å². The predicted molar refractivity (Wildman–Crippen MR) is 103 cm³/mol. The highest BCUT2D eigenvalue weighted by Gasteiger charge is 2.16. The number of hydrogen-bond acceptors (Lipinski definition) is 3. The topological polar surface area (TPSA) is 47.1 Å². The fraction of sp³-hybridized carbons (Fsp3) is 0.136. The molecular weight excluding hydrogens is 343 g/mol. The van der Waals surface area contributed by atoms with Crippen LogP contribution in [0.4, 0.5) is 4.39 Å². The molecule has 2 aromatic heterocycles. The highest BCUT2D eigenvalue weighted by Crippen LogP contribution is 2.36. The van der Waals surface area contributed by atoms with E-state index in [1.807, 2.05) is 18.2 Å². The summed E-state index contributed by atoms with van der Waals surface area (Å²) in [6, 6.07) is 12.1. The minimum absolute atomic E-state index is 0.268. The van der Waals surface area contributed by atoms with Crippen LogP contribution < -0.4 is 4.74 Å². The van der Waals surface area contributed by atoms with Crippen LogP contribution in [0.3, 0.4) is 0 Å². The van der Waals surface area contributed by atoms with Crippen molar-refractivity contribution in [2.75, 3.05) is 7.11 Å². The third-order valence-electron chi connectivity index (χ3n) is 4.46. The minimum atomic E-state index is -0.268. The van der Waals surface area contributed by atoms with E-state index in [0.717, 1.165) is 38.7 Å². The van der Waals surface area contributed by atoms with Crippen molar-refractivity contribution in [2.24, 2.45) is 0 Å². The number of terminal acetylenes is 1. The van der Waals surface area contributed by atoms with Crippen molar-refractivity contribution < 1.29 is 13.9 Å². The van der Waals surface area contributed by atoms with Crippen LogP contribution in [0.5, 0.6) is 5.75 Å². The molecule has 2 aromatic carbocycles. The van der Waals surface area contributed by atoms with Gasteiger partial charge in [0.25, 0.3) is 0 Å². The van der Waals surface area contributed by atoms with E-state index in [9.17, 15) is 4.39 Å². The second-order valence-electron chi connectivity index (χ2n) is 6.17. The van der Waals surface area contributed by atoms with E-state index < -0.39 is 0 Å². The maximum absolute atomic E-state index is 13.1. The van der Waals surface area contributed by atoms with Crippen molar-refractivity contribution in [3.63, 3.8) is 0 Å². The number of benzene rings is 2. The quantitative estimate of drug-likeness (QED) is 0.531. The van der Waals surface area contributed by atoms with Gasteiger partial charge in [0.05, 0.1) is 23.8 Å². The second-order valence-corrected chi connectivity index (χ2v) is 6.17. The van der Waals surface area contributed by atoms with Gasteiger partial charge < -0.3 is 14.5 Å². The number of pyridine rings is 1. The highest BCUT2D eigenvalue weighted by molar-refractivity contribution is 6.12. The largest absolute Gasteiger partial charge is 0.488 e. The number of H-pyrrole nitrogens is 1. The monoisotopic (exact) mass is 360 g/mol. The molecule has 134 valence electrons. The van der Waals surface area contributed by atoms with Gasteiger partial charge in [-0.3, -0.25) is 0 Å². The number of nitrogens with one attached hydrogen (secondary N) is 1. The Morgan fingerprint density at radius 1 is 1.07 bits per heavy atom. The Morgan fingerprint density at radius 2 is 1.89 bits per heavy atom. The fourth-order valence-corrected chi connectivity index (χ4v) is 3.24. The summed E-state index contributed by atoms with van der Waals surface area (Å²) < 4.78 is 24.5. The van der Waals surface area contributed by atoms with Gasteiger partial charge in [0.2, 0.25) is 0 Å². The van der Waals surface area contributed by atoms with Gasteiger partial charge in [-0.15, -0.1) is 6.42 Å². The van der Waals surface area contributed by atoms with E-state index in [4.69, 9.17) is 15.9 Å². The van der Waals surface area contributed by atoms with Crippen molar-refractivity contribution in [3.8, 4) is 18.1 Å². The molecule has 27 heavy (non-hydrogen) atoms. The summed E-state index contributed by atoms with van der Waals surface area (Å²) in [5, 5.41) is 1.88. The fourth-order valence-electron chi connectivity index (χ4n) is 3.24. The number of aromatic amines is 1. The number of rotatable bonds is 5. The van der Waals surface area contributed by atoms with Crippen LogP contribution in [-0.2, 0) is 18.0 Å². The molecule has 0 unspecified atom stereocenters. The van der Waals surface area contributed by atoms with Gasteiger partial charge in [0, 0.05) is 23.4 Å². The first-order valence-corrected chi connectivity index (χ1v) is 8.46. The number of aromatic nitrogens is 2. The highest BCUT2D eigenvalue weighted by atomic mass is 19.1. The Bertz CT molecular complexity index is 1160. The first-order valence-electron chi connectivity index (χ1n) is 8.46. The summed E-state index contributed by atoms with van der Waals surface area (Å²) in [4.78, 5) is 7.70. The van der Waals surface area contributed by atoms with Gasteiger partial charge in [-0.05, 0) is 35.7 Å². The predicted octanol–water partition coefficient (Wildman–Crippen LogP) is 4.56. The Labute approximate surface area is 155 Å². The van der Waals surface area contributed by atoms with E-state index in [1.54, 1.807) is 25.4 Å². The number of nitrogens with zero attached hydrogens (tertiary/aromatic N) is 1. The molecule has 0 aliphatic carbocycles. The summed E-state index contributed by atoms with van der Waals surface area (Å²) in [7, 11) is 1.62. The van der Waals surface area contributed by atoms with Gasteiger partial charge >= 0.3 is 0 Å². The van der Waals surface area contributed by atoms with Crippen molar-refractivity contribution in [3.05, 3.63) is 71.3 Å². The van der Waals surface area contributed by atoms with E-state index in [0.29, 0.717) is 18.9 Å². The third-order valence-corrected chi connectivity index (χ3v) is 4.46. The molecule has 0 saturated heterocycles. The number of fused-ring (bicyclic) bond motifs is 3. The number of ether oxygens (including phenoxy) is 2. The van der Waals surface area contributed by atoms with Crippen molar-refractivity contribution >= 4 is 21.8 Å². The molecule has 0 atom stereocenters. The SMILES string of the molecule is C#Cc1ncc2[nH]c3cccc(OCc4ccc(F)cc4)c3c2c1COC. The first kappa shape index (κ1) is 17.1. The zero-order valence-corrected chi connectivity index (χ0v) is 14.8. The number of halogens is 1. The van der Waals surface area contributed by atoms with E-state index >= 15 is 0 Å². The molecule has 4 nitrogen and oxygen atoms in total. The zero-order chi connectivity index (χ0) is 18.8. The molecule has 0 spiro atoms. The number of hydrogen-bond donors (Lipinski definition) is 1. The molecular formula is C22H17FN2O2. The van der Waals surface area contributed by atoms with Gasteiger partial charge in [0.15, 0.2) is 0 Å². The number of methoxy groups -OCH3 is 1. The molecule has 1 N–H and O–H groups in total. The molecule has 0 amide bonds. The molecule has 4 rings (SSSR count). The molecule has 0 fully saturated rings. The third kappa shape index (κ3) is 3.12. The maximum Gasteiger partial charge on any atom is 0.129 e. The first-order chi connectivity index (χ1) is 13.2. The molecule has 4 aromatic rings. The standard InChI is InChI=1S/C22H17FN2O2/c1-3-17-16(13-26-2)21-19(11-24-17)25-18-5-4-6-20(22(18)21)27-12-14-7-9-15(23)10-8-14/h1,4-11,25H,12-13H2,2H3. The summed E-state index contributed by atoms with van der Waals surface area (Å²) in [6.45, 7) is 0.682. The molecule has 0 bridgehead atoms. The molecule has 0 radical (unpaired) electrons. The van der Waals surface area contributed by atoms with E-state index in [2.05, 4.69) is 15.9 Å². The minimum Gasteiger partial charge on any atom is -0.488 e. The van der Waals surface area contributed by atoms with Crippen molar-refractivity contribution in [2.45, 2.75) is 13.2 Å². The normalized spacial score (nSPS) is 11.0. The molecule has 0 aliphatic heterocycles. The lowest BCUT2D eigenvalue weighted by Gasteiger charge is -2.10. The lowest BCUT2D eigenvalue weighted by atomic mass is 10.1. The summed E-state index contributed by atoms with van der Waals surface area (Å²) in [5.41, 5.74) is 4.08. The summed E-state index contributed by atoms with van der Waals surface area (Å²) in [6.07, 6.45) is 7.36. The Kier molecular flexibility index (Phi) is 4.49. The summed E-state index contributed by atoms with van der Waals surface area (Å²) >= 11 is 0. The maximum atomic E-state index is 13.1. The molecule has 2 heterocycles. The molecule has 0 aliphatic rings. The second kappa shape index (κ2) is 7.10. The van der Waals surface area contributed by atoms with Crippen LogP contribution in [0.2, 0.25) is 0 Å². The Hall–Kier alpha value is -3.36. The van der Waals surface area contributed by atoms with Gasteiger partial charge in [-0.1, -0.05) is 18.2 Å². The van der Waals surface area contributed by atoms with Gasteiger partial charge in [-0.2, -0.15) is 0 Å². The van der Waals surface area contributed by atoms with Gasteiger partial charge in [0.1, 0.15) is 23.9 Å². The van der Waals surface area contributed by atoms with Crippen LogP contribution in [0.1, 0.15) is 16.8 Å². The van der Waals surface area contributed by atoms with Crippen LogP contribution in [0, 0.1) is 18.2 Å². The average Bonchev–Trinajstić information content (AvgIpc) is 3.07. The van der Waals surface area contributed by atoms with Crippen LogP contribution in [0.25, 0.3) is 21.8 Å². The Balaban J connectivity index is 1.84. The van der Waals surface area contributed by atoms with Gasteiger partial charge in [-0.25, -0.2) is 9.37 Å². The van der Waals surface area contributed by atoms with Crippen molar-refractivity contribution in [1.82, 2.24) is 9.97 Å². The molecule has 0 saturated carbocycles. The zero-order valence-electron chi connectivity index (χ0n) is 14.8. The van der Waals surface area contributed by atoms with E-state index in [1.165, 1.54) is 12.1 Å². The molecule has 5 heteroatoms. The lowest BCUT2D eigenvalue weighted by Crippen LogP contribution is -1.98. The average molecular weight is 360 g/mol. The Morgan fingerprint density at radius 3 is 2.63 bits per heavy atom. The van der Waals surface area contributed by atoms with E-state index in [-0.39, 0.29) is 5.82 Å².